The molecule has 0 aliphatic rings. The summed E-state index contributed by atoms with van der Waals surface area (Å²) in [6, 6.07) is 5.48. The van der Waals surface area contributed by atoms with Crippen molar-refractivity contribution in [2.45, 2.75) is 33.2 Å². The molecule has 0 saturated heterocycles. The maximum atomic E-state index is 11.9. The first-order valence-corrected chi connectivity index (χ1v) is 6.95. The van der Waals surface area contributed by atoms with E-state index >= 15 is 0 Å². The lowest BCUT2D eigenvalue weighted by Gasteiger charge is -2.17. The summed E-state index contributed by atoms with van der Waals surface area (Å²) in [5, 5.41) is 14.2. The van der Waals surface area contributed by atoms with E-state index < -0.39 is 18.0 Å². The molecular weight excluding hydrogens is 272 g/mol. The van der Waals surface area contributed by atoms with E-state index in [1.54, 1.807) is 24.3 Å². The van der Waals surface area contributed by atoms with Crippen LogP contribution in [0.15, 0.2) is 24.3 Å². The topological polar surface area (TPSA) is 87.7 Å². The Morgan fingerprint density at radius 2 is 2.05 bits per heavy atom. The minimum atomic E-state index is -1.04. The second-order valence-electron chi connectivity index (χ2n) is 5.08. The van der Waals surface area contributed by atoms with E-state index in [0.717, 1.165) is 0 Å². The van der Waals surface area contributed by atoms with Crippen LogP contribution < -0.4 is 15.4 Å². The van der Waals surface area contributed by atoms with Crippen molar-refractivity contribution < 1.29 is 19.4 Å². The van der Waals surface area contributed by atoms with Crippen LogP contribution in [0, 0.1) is 5.92 Å². The predicted octanol–water partition coefficient (Wildman–Crippen LogP) is 2.71. The number of carbonyl (C=O) groups is 2. The molecule has 1 atom stereocenters. The van der Waals surface area contributed by atoms with Gasteiger partial charge in [0.25, 0.3) is 0 Å². The summed E-state index contributed by atoms with van der Waals surface area (Å²) in [6.07, 6.45) is 0.377. The van der Waals surface area contributed by atoms with Crippen LogP contribution in [0.1, 0.15) is 27.2 Å². The molecule has 0 saturated carbocycles. The molecule has 1 aromatic carbocycles. The Bertz CT molecular complexity index is 488. The molecule has 0 aliphatic heterocycles. The van der Waals surface area contributed by atoms with E-state index in [0.29, 0.717) is 24.5 Å². The van der Waals surface area contributed by atoms with E-state index in [9.17, 15) is 9.59 Å². The van der Waals surface area contributed by atoms with Crippen molar-refractivity contribution >= 4 is 17.7 Å². The van der Waals surface area contributed by atoms with Crippen LogP contribution >= 0.6 is 0 Å². The van der Waals surface area contributed by atoms with Gasteiger partial charge in [-0.05, 0) is 31.4 Å². The fourth-order valence-electron chi connectivity index (χ4n) is 1.85. The molecule has 0 aromatic heterocycles. The summed E-state index contributed by atoms with van der Waals surface area (Å²) in [7, 11) is 0. The van der Waals surface area contributed by atoms with Crippen LogP contribution in [0.25, 0.3) is 0 Å². The summed E-state index contributed by atoms with van der Waals surface area (Å²) in [5.74, 6) is -0.220. The Morgan fingerprint density at radius 3 is 2.62 bits per heavy atom. The van der Waals surface area contributed by atoms with Gasteiger partial charge in [-0.1, -0.05) is 19.9 Å². The lowest BCUT2D eigenvalue weighted by Crippen LogP contribution is -2.43. The highest BCUT2D eigenvalue weighted by Crippen LogP contribution is 2.17. The van der Waals surface area contributed by atoms with Crippen LogP contribution in [-0.2, 0) is 4.79 Å². The number of rotatable bonds is 7. The molecule has 2 amide bonds. The lowest BCUT2D eigenvalue weighted by atomic mass is 10.0. The van der Waals surface area contributed by atoms with Crippen molar-refractivity contribution in [3.05, 3.63) is 24.3 Å². The zero-order valence-electron chi connectivity index (χ0n) is 12.6. The molecule has 0 bridgehead atoms. The van der Waals surface area contributed by atoms with Crippen LogP contribution in [0.2, 0.25) is 0 Å². The number of aliphatic carboxylic acids is 1. The minimum Gasteiger partial charge on any atom is -0.494 e. The Morgan fingerprint density at radius 1 is 1.33 bits per heavy atom. The highest BCUT2D eigenvalue weighted by atomic mass is 16.5. The molecular formula is C15H22N2O4. The number of hydrogen-bond donors (Lipinski definition) is 3. The van der Waals surface area contributed by atoms with Crippen molar-refractivity contribution in [2.75, 3.05) is 11.9 Å². The molecule has 0 heterocycles. The molecule has 1 aromatic rings. The van der Waals surface area contributed by atoms with Crippen molar-refractivity contribution in [3.8, 4) is 5.75 Å². The fourth-order valence-corrected chi connectivity index (χ4v) is 1.85. The third kappa shape index (κ3) is 6.16. The van der Waals surface area contributed by atoms with E-state index in [-0.39, 0.29) is 5.92 Å². The largest absolute Gasteiger partial charge is 0.494 e. The number of benzene rings is 1. The van der Waals surface area contributed by atoms with Gasteiger partial charge in [0, 0.05) is 11.8 Å². The SMILES string of the molecule is CCOc1cccc(NC(=O)N[C@@H](CC(C)C)C(=O)O)c1. The van der Waals surface area contributed by atoms with Crippen molar-refractivity contribution in [1.29, 1.82) is 0 Å². The average molecular weight is 294 g/mol. The van der Waals surface area contributed by atoms with Gasteiger partial charge in [0.05, 0.1) is 6.61 Å². The van der Waals surface area contributed by atoms with E-state index in [1.807, 2.05) is 20.8 Å². The van der Waals surface area contributed by atoms with Gasteiger partial charge in [-0.2, -0.15) is 0 Å². The number of ether oxygens (including phenoxy) is 1. The number of urea groups is 1. The van der Waals surface area contributed by atoms with Gasteiger partial charge in [0.1, 0.15) is 11.8 Å². The molecule has 6 nitrogen and oxygen atoms in total. The molecule has 21 heavy (non-hydrogen) atoms. The van der Waals surface area contributed by atoms with Gasteiger partial charge in [-0.15, -0.1) is 0 Å². The predicted molar refractivity (Wildman–Crippen MR) is 80.6 cm³/mol. The summed E-state index contributed by atoms with van der Waals surface area (Å²) in [6.45, 7) is 6.21. The lowest BCUT2D eigenvalue weighted by molar-refractivity contribution is -0.139. The first-order valence-electron chi connectivity index (χ1n) is 6.95. The van der Waals surface area contributed by atoms with Crippen molar-refractivity contribution in [3.63, 3.8) is 0 Å². The van der Waals surface area contributed by atoms with Crippen LogP contribution in [0.4, 0.5) is 10.5 Å². The standard InChI is InChI=1S/C15H22N2O4/c1-4-21-12-7-5-6-11(9-12)16-15(20)17-13(14(18)19)8-10(2)3/h5-7,9-10,13H,4,8H2,1-3H3,(H,18,19)(H2,16,17,20)/t13-/m0/s1. The fraction of sp³-hybridized carbons (Fsp3) is 0.467. The number of carboxylic acids is 1. The van der Waals surface area contributed by atoms with E-state index in [4.69, 9.17) is 9.84 Å². The number of amides is 2. The molecule has 0 fully saturated rings. The minimum absolute atomic E-state index is 0.174. The van der Waals surface area contributed by atoms with E-state index in [1.165, 1.54) is 0 Å². The zero-order chi connectivity index (χ0) is 15.8. The Kier molecular flexibility index (Phi) is 6.52. The second-order valence-corrected chi connectivity index (χ2v) is 5.08. The maximum Gasteiger partial charge on any atom is 0.326 e. The third-order valence-electron chi connectivity index (χ3n) is 2.71. The number of carboxylic acid groups (broad SMARTS) is 1. The Labute approximate surface area is 124 Å². The number of carbonyl (C=O) groups excluding carboxylic acids is 1. The van der Waals surface area contributed by atoms with Crippen LogP contribution in [0.3, 0.4) is 0 Å². The van der Waals surface area contributed by atoms with Gasteiger partial charge in [0.2, 0.25) is 0 Å². The van der Waals surface area contributed by atoms with Crippen LogP contribution in [-0.4, -0.2) is 29.8 Å². The number of nitrogens with one attached hydrogen (secondary N) is 2. The zero-order valence-corrected chi connectivity index (χ0v) is 12.6. The Balaban J connectivity index is 2.63. The van der Waals surface area contributed by atoms with Gasteiger partial charge in [-0.25, -0.2) is 9.59 Å². The molecule has 0 spiro atoms. The summed E-state index contributed by atoms with van der Waals surface area (Å²) < 4.78 is 5.33. The maximum absolute atomic E-state index is 11.9. The van der Waals surface area contributed by atoms with Gasteiger partial charge in [0.15, 0.2) is 0 Å². The molecule has 0 unspecified atom stereocenters. The normalized spacial score (nSPS) is 11.8. The van der Waals surface area contributed by atoms with Gasteiger partial charge >= 0.3 is 12.0 Å². The average Bonchev–Trinajstić information content (AvgIpc) is 2.38. The highest BCUT2D eigenvalue weighted by molar-refractivity contribution is 5.92. The first kappa shape index (κ1) is 16.8. The first-order chi connectivity index (χ1) is 9.92. The van der Waals surface area contributed by atoms with E-state index in [2.05, 4.69) is 10.6 Å². The van der Waals surface area contributed by atoms with Gasteiger partial charge < -0.3 is 20.5 Å². The molecule has 116 valence electrons. The van der Waals surface area contributed by atoms with Crippen molar-refractivity contribution in [1.82, 2.24) is 5.32 Å². The number of anilines is 1. The van der Waals surface area contributed by atoms with Gasteiger partial charge in [-0.3, -0.25) is 0 Å². The monoisotopic (exact) mass is 294 g/mol. The third-order valence-corrected chi connectivity index (χ3v) is 2.71. The molecule has 3 N–H and O–H groups in total. The highest BCUT2D eigenvalue weighted by Gasteiger charge is 2.21. The quantitative estimate of drug-likeness (QED) is 0.721. The van der Waals surface area contributed by atoms with Crippen molar-refractivity contribution in [2.24, 2.45) is 5.92 Å². The molecule has 0 aliphatic carbocycles. The van der Waals surface area contributed by atoms with Crippen LogP contribution in [0.5, 0.6) is 5.75 Å². The Hall–Kier alpha value is -2.24. The molecule has 1 rings (SSSR count). The second kappa shape index (κ2) is 8.14. The molecule has 0 radical (unpaired) electrons. The summed E-state index contributed by atoms with van der Waals surface area (Å²) >= 11 is 0. The molecule has 6 heteroatoms. The summed E-state index contributed by atoms with van der Waals surface area (Å²) in [5.41, 5.74) is 0.548. The summed E-state index contributed by atoms with van der Waals surface area (Å²) in [4.78, 5) is 23.0. The smallest absolute Gasteiger partial charge is 0.326 e. The number of hydrogen-bond acceptors (Lipinski definition) is 3.